The summed E-state index contributed by atoms with van der Waals surface area (Å²) >= 11 is 8.63. The van der Waals surface area contributed by atoms with E-state index >= 15 is 0 Å². The fraction of sp³-hybridized carbons (Fsp3) is 0.333. The van der Waals surface area contributed by atoms with E-state index in [0.29, 0.717) is 0 Å². The minimum atomic E-state index is -0.170. The monoisotopic (exact) mass is 433 g/mol. The number of hydrogen-bond acceptors (Lipinski definition) is 4. The Kier molecular flexibility index (Phi) is 6.10. The Morgan fingerprint density at radius 1 is 1.29 bits per heavy atom. The molecule has 0 aliphatic heterocycles. The van der Waals surface area contributed by atoms with Gasteiger partial charge >= 0.3 is 0 Å². The van der Waals surface area contributed by atoms with E-state index in [-0.39, 0.29) is 12.1 Å². The summed E-state index contributed by atoms with van der Waals surface area (Å²) < 4.78 is 13.3. The molecular weight excluding hydrogens is 418 g/mol. The van der Waals surface area contributed by atoms with Crippen molar-refractivity contribution in [3.63, 3.8) is 0 Å². The van der Waals surface area contributed by atoms with Crippen LogP contribution in [0.4, 0.5) is 0 Å². The maximum atomic E-state index is 6.24. The Hall–Kier alpha value is -0.560. The van der Waals surface area contributed by atoms with E-state index < -0.39 is 0 Å². The molecule has 0 aliphatic carbocycles. The van der Waals surface area contributed by atoms with E-state index in [4.69, 9.17) is 15.2 Å². The summed E-state index contributed by atoms with van der Waals surface area (Å²) in [4.78, 5) is 1.11. The van der Waals surface area contributed by atoms with E-state index in [1.54, 1.807) is 18.4 Å². The van der Waals surface area contributed by atoms with Gasteiger partial charge in [-0.1, -0.05) is 6.92 Å². The summed E-state index contributed by atoms with van der Waals surface area (Å²) in [5, 5.41) is 2.04. The zero-order valence-corrected chi connectivity index (χ0v) is 15.8. The number of benzene rings is 1. The van der Waals surface area contributed by atoms with Crippen LogP contribution in [0.25, 0.3) is 0 Å². The van der Waals surface area contributed by atoms with Crippen LogP contribution >= 0.6 is 43.2 Å². The minimum Gasteiger partial charge on any atom is -0.497 e. The standard InChI is InChI=1S/C15H17Br2NO2S/c1-3-12(18)15(14-6-9(16)8-21-14)20-13-5-4-10(19-2)7-11(13)17/h4-8,12,15H,3,18H2,1-2H3. The number of nitrogens with two attached hydrogens (primary N) is 1. The SMILES string of the molecule is CCC(N)C(Oc1ccc(OC)cc1Br)c1cc(Br)cs1. The molecular formula is C15H17Br2NO2S. The van der Waals surface area contributed by atoms with Crippen LogP contribution in [0.2, 0.25) is 0 Å². The first-order valence-electron chi connectivity index (χ1n) is 6.54. The van der Waals surface area contributed by atoms with Gasteiger partial charge in [-0.15, -0.1) is 11.3 Å². The zero-order chi connectivity index (χ0) is 15.4. The highest BCUT2D eigenvalue weighted by molar-refractivity contribution is 9.10. The maximum Gasteiger partial charge on any atom is 0.148 e. The molecule has 2 atom stereocenters. The smallest absolute Gasteiger partial charge is 0.148 e. The van der Waals surface area contributed by atoms with Crippen LogP contribution < -0.4 is 15.2 Å². The molecule has 0 radical (unpaired) electrons. The van der Waals surface area contributed by atoms with Crippen LogP contribution in [0.3, 0.4) is 0 Å². The summed E-state index contributed by atoms with van der Waals surface area (Å²) in [5.41, 5.74) is 6.24. The molecule has 2 aromatic rings. The molecule has 6 heteroatoms. The Bertz CT molecular complexity index is 603. The molecule has 21 heavy (non-hydrogen) atoms. The van der Waals surface area contributed by atoms with Crippen LogP contribution in [-0.4, -0.2) is 13.2 Å². The molecule has 1 heterocycles. The van der Waals surface area contributed by atoms with Crippen LogP contribution in [0.15, 0.2) is 38.6 Å². The average molecular weight is 435 g/mol. The lowest BCUT2D eigenvalue weighted by atomic mass is 10.1. The summed E-state index contributed by atoms with van der Waals surface area (Å²) in [6.07, 6.45) is 0.671. The topological polar surface area (TPSA) is 44.5 Å². The Morgan fingerprint density at radius 3 is 2.57 bits per heavy atom. The van der Waals surface area contributed by atoms with Crippen LogP contribution in [-0.2, 0) is 0 Å². The van der Waals surface area contributed by atoms with E-state index in [1.807, 2.05) is 23.6 Å². The molecule has 0 spiro atoms. The molecule has 3 nitrogen and oxygen atoms in total. The van der Waals surface area contributed by atoms with E-state index in [1.165, 1.54) is 0 Å². The molecule has 0 saturated heterocycles. The van der Waals surface area contributed by atoms with Crippen molar-refractivity contribution in [1.82, 2.24) is 0 Å². The van der Waals surface area contributed by atoms with Gasteiger partial charge in [0.15, 0.2) is 0 Å². The number of halogens is 2. The van der Waals surface area contributed by atoms with Gasteiger partial charge in [-0.05, 0) is 62.5 Å². The molecule has 114 valence electrons. The molecule has 1 aromatic carbocycles. The van der Waals surface area contributed by atoms with Crippen LogP contribution in [0, 0.1) is 0 Å². The third kappa shape index (κ3) is 4.22. The van der Waals surface area contributed by atoms with Gasteiger partial charge in [-0.2, -0.15) is 0 Å². The van der Waals surface area contributed by atoms with E-state index in [0.717, 1.165) is 31.7 Å². The molecule has 0 bridgehead atoms. The lowest BCUT2D eigenvalue weighted by Crippen LogP contribution is -2.31. The summed E-state index contributed by atoms with van der Waals surface area (Å²) in [7, 11) is 1.64. The van der Waals surface area contributed by atoms with Gasteiger partial charge in [-0.25, -0.2) is 0 Å². The summed E-state index contributed by atoms with van der Waals surface area (Å²) in [5.74, 6) is 1.54. The first-order chi connectivity index (χ1) is 10.0. The van der Waals surface area contributed by atoms with Crippen LogP contribution in [0.1, 0.15) is 24.3 Å². The van der Waals surface area contributed by atoms with Crippen molar-refractivity contribution >= 4 is 43.2 Å². The number of ether oxygens (including phenoxy) is 2. The molecule has 2 rings (SSSR count). The molecule has 0 fully saturated rings. The van der Waals surface area contributed by atoms with Crippen molar-refractivity contribution in [2.45, 2.75) is 25.5 Å². The zero-order valence-electron chi connectivity index (χ0n) is 11.8. The first-order valence-corrected chi connectivity index (χ1v) is 9.01. The second-order valence-electron chi connectivity index (χ2n) is 4.57. The second kappa shape index (κ2) is 7.63. The van der Waals surface area contributed by atoms with Crippen LogP contribution in [0.5, 0.6) is 11.5 Å². The predicted octanol–water partition coefficient (Wildman–Crippen LogP) is 5.14. The highest BCUT2D eigenvalue weighted by atomic mass is 79.9. The third-order valence-corrected chi connectivity index (χ3v) is 5.50. The van der Waals surface area contributed by atoms with Crippen molar-refractivity contribution in [2.75, 3.05) is 7.11 Å². The molecule has 0 aliphatic rings. The van der Waals surface area contributed by atoms with Crippen molar-refractivity contribution in [3.05, 3.63) is 43.5 Å². The molecule has 2 unspecified atom stereocenters. The highest BCUT2D eigenvalue weighted by Crippen LogP contribution is 2.36. The quantitative estimate of drug-likeness (QED) is 0.684. The lowest BCUT2D eigenvalue weighted by Gasteiger charge is -2.24. The third-order valence-electron chi connectivity index (χ3n) is 3.12. The van der Waals surface area contributed by atoms with Gasteiger partial charge in [0.05, 0.1) is 11.6 Å². The Labute approximate surface area is 145 Å². The van der Waals surface area contributed by atoms with Crippen molar-refractivity contribution in [3.8, 4) is 11.5 Å². The largest absolute Gasteiger partial charge is 0.497 e. The molecule has 0 amide bonds. The van der Waals surface area contributed by atoms with Gasteiger partial charge in [0.1, 0.15) is 17.6 Å². The number of rotatable bonds is 6. The highest BCUT2D eigenvalue weighted by Gasteiger charge is 2.23. The number of methoxy groups -OCH3 is 1. The van der Waals surface area contributed by atoms with E-state index in [9.17, 15) is 0 Å². The lowest BCUT2D eigenvalue weighted by molar-refractivity contribution is 0.173. The van der Waals surface area contributed by atoms with Crippen molar-refractivity contribution in [1.29, 1.82) is 0 Å². The second-order valence-corrected chi connectivity index (χ2v) is 7.29. The fourth-order valence-corrected chi connectivity index (χ4v) is 3.89. The first kappa shape index (κ1) is 16.8. The minimum absolute atomic E-state index is 0.0652. The summed E-state index contributed by atoms with van der Waals surface area (Å²) in [6, 6.07) is 7.64. The Morgan fingerprint density at radius 2 is 2.05 bits per heavy atom. The van der Waals surface area contributed by atoms with Gasteiger partial charge in [-0.3, -0.25) is 0 Å². The van der Waals surface area contributed by atoms with Gasteiger partial charge in [0, 0.05) is 20.8 Å². The number of thiophene rings is 1. The van der Waals surface area contributed by atoms with Gasteiger partial charge in [0.2, 0.25) is 0 Å². The molecule has 2 N–H and O–H groups in total. The van der Waals surface area contributed by atoms with Gasteiger partial charge in [0.25, 0.3) is 0 Å². The fourth-order valence-electron chi connectivity index (χ4n) is 1.89. The van der Waals surface area contributed by atoms with Gasteiger partial charge < -0.3 is 15.2 Å². The van der Waals surface area contributed by atoms with Crippen molar-refractivity contribution in [2.24, 2.45) is 5.73 Å². The predicted molar refractivity (Wildman–Crippen MR) is 94.3 cm³/mol. The average Bonchev–Trinajstić information content (AvgIpc) is 2.91. The normalized spacial score (nSPS) is 13.8. The van der Waals surface area contributed by atoms with E-state index in [2.05, 4.69) is 44.8 Å². The number of hydrogen-bond donors (Lipinski definition) is 1. The Balaban J connectivity index is 2.27. The molecule has 1 aromatic heterocycles. The van der Waals surface area contributed by atoms with Crippen molar-refractivity contribution < 1.29 is 9.47 Å². The summed E-state index contributed by atoms with van der Waals surface area (Å²) in [6.45, 7) is 2.06. The maximum absolute atomic E-state index is 6.24. The molecule has 0 saturated carbocycles.